The number of halogens is 2. The Kier molecular flexibility index (Phi) is 6.35. The van der Waals surface area contributed by atoms with Crippen LogP contribution in [0.15, 0.2) is 33.9 Å². The van der Waals surface area contributed by atoms with Gasteiger partial charge in [-0.25, -0.2) is 22.9 Å². The van der Waals surface area contributed by atoms with Gasteiger partial charge in [0.2, 0.25) is 11.9 Å². The van der Waals surface area contributed by atoms with E-state index in [-0.39, 0.29) is 23.8 Å². The zero-order chi connectivity index (χ0) is 22.8. The summed E-state index contributed by atoms with van der Waals surface area (Å²) in [5.41, 5.74) is -0.331. The van der Waals surface area contributed by atoms with Crippen LogP contribution in [0.5, 0.6) is 0 Å². The molecule has 0 aliphatic carbocycles. The van der Waals surface area contributed by atoms with Crippen LogP contribution in [-0.2, 0) is 9.53 Å². The number of carbonyl (C=O) groups excluding carboxylic acids is 1. The summed E-state index contributed by atoms with van der Waals surface area (Å²) in [5.74, 6) is -0.237. The summed E-state index contributed by atoms with van der Waals surface area (Å²) in [6, 6.07) is 4.92. The molecule has 172 valence electrons. The van der Waals surface area contributed by atoms with Crippen LogP contribution in [0.4, 0.5) is 14.7 Å². The molecule has 1 aromatic carbocycles. The van der Waals surface area contributed by atoms with Gasteiger partial charge in [-0.05, 0) is 24.0 Å². The number of benzene rings is 1. The molecule has 32 heavy (non-hydrogen) atoms. The van der Waals surface area contributed by atoms with E-state index in [2.05, 4.69) is 15.3 Å². The second-order valence-corrected chi connectivity index (χ2v) is 8.13. The summed E-state index contributed by atoms with van der Waals surface area (Å²) in [4.78, 5) is 44.2. The largest absolute Gasteiger partial charge is 0.381 e. The molecule has 2 aliphatic rings. The van der Waals surface area contributed by atoms with Crippen molar-refractivity contribution < 1.29 is 18.3 Å². The Morgan fingerprint density at radius 2 is 1.97 bits per heavy atom. The number of likely N-dealkylation sites (tertiary alicyclic amines) is 1. The number of H-pyrrole nitrogens is 1. The molecule has 0 spiro atoms. The highest BCUT2D eigenvalue weighted by Crippen LogP contribution is 2.31. The summed E-state index contributed by atoms with van der Waals surface area (Å²) < 4.78 is 34.1. The molecular formula is C21H25F2N5O4. The third-order valence-electron chi connectivity index (χ3n) is 6.03. The number of alkyl halides is 2. The third-order valence-corrected chi connectivity index (χ3v) is 6.03. The quantitative estimate of drug-likeness (QED) is 0.694. The topological polar surface area (TPSA) is 109 Å². The predicted octanol–water partition coefficient (Wildman–Crippen LogP) is 1.65. The average Bonchev–Trinajstić information content (AvgIpc) is 2.71. The van der Waals surface area contributed by atoms with E-state index < -0.39 is 23.8 Å². The molecule has 0 radical (unpaired) electrons. The van der Waals surface area contributed by atoms with E-state index in [9.17, 15) is 23.2 Å². The number of hydrogen-bond donors (Lipinski definition) is 2. The van der Waals surface area contributed by atoms with E-state index in [1.807, 2.05) is 6.07 Å². The van der Waals surface area contributed by atoms with Crippen LogP contribution in [0, 0.1) is 0 Å². The van der Waals surface area contributed by atoms with Gasteiger partial charge in [-0.15, -0.1) is 0 Å². The normalized spacial score (nSPS) is 18.4. The average molecular weight is 449 g/mol. The number of aromatic nitrogens is 3. The van der Waals surface area contributed by atoms with E-state index in [0.29, 0.717) is 44.7 Å². The molecule has 9 nitrogen and oxygen atoms in total. The molecule has 1 atom stereocenters. The fourth-order valence-corrected chi connectivity index (χ4v) is 4.15. The third kappa shape index (κ3) is 4.57. The molecule has 11 heteroatoms. The first-order valence-electron chi connectivity index (χ1n) is 10.5. The molecule has 2 aliphatic heterocycles. The molecule has 0 unspecified atom stereocenters. The molecule has 3 heterocycles. The zero-order valence-electron chi connectivity index (χ0n) is 17.6. The summed E-state index contributed by atoms with van der Waals surface area (Å²) >= 11 is 0. The summed E-state index contributed by atoms with van der Waals surface area (Å²) in [6.07, 6.45) is -1.80. The van der Waals surface area contributed by atoms with Crippen LogP contribution in [0.2, 0.25) is 0 Å². The van der Waals surface area contributed by atoms with Crippen LogP contribution in [0.1, 0.15) is 48.9 Å². The van der Waals surface area contributed by atoms with Crippen LogP contribution < -0.4 is 16.7 Å². The van der Waals surface area contributed by atoms with Gasteiger partial charge in [0.15, 0.2) is 0 Å². The van der Waals surface area contributed by atoms with E-state index in [1.54, 1.807) is 23.1 Å². The predicted molar refractivity (Wildman–Crippen MR) is 112 cm³/mol. The van der Waals surface area contributed by atoms with Crippen molar-refractivity contribution in [1.29, 1.82) is 0 Å². The Morgan fingerprint density at radius 3 is 2.59 bits per heavy atom. The van der Waals surface area contributed by atoms with E-state index in [4.69, 9.17) is 4.74 Å². The minimum Gasteiger partial charge on any atom is -0.381 e. The van der Waals surface area contributed by atoms with Crippen molar-refractivity contribution in [2.24, 2.45) is 0 Å². The number of aromatic amines is 1. The van der Waals surface area contributed by atoms with Crippen molar-refractivity contribution in [3.8, 4) is 0 Å². The van der Waals surface area contributed by atoms with Gasteiger partial charge in [-0.1, -0.05) is 24.3 Å². The standard InChI is InChI=1S/C21H25F2N5O4/c1-12(29)27-10-15(11-27)13-3-2-4-14(9-13)17(18(22)23)24-19-25-20(30)28(21(31)26-19)16-5-7-32-8-6-16/h2-4,9,15-18H,5-8,10-11H2,1H3,(H2,24,25,26,30,31)/t17-/m1/s1. The fourth-order valence-electron chi connectivity index (χ4n) is 4.15. The lowest BCUT2D eigenvalue weighted by Crippen LogP contribution is -2.47. The number of nitrogens with zero attached hydrogens (tertiary/aromatic N) is 3. The van der Waals surface area contributed by atoms with Gasteiger partial charge >= 0.3 is 11.4 Å². The number of rotatable bonds is 6. The molecule has 2 aromatic rings. The second-order valence-electron chi connectivity index (χ2n) is 8.13. The first-order chi connectivity index (χ1) is 15.3. The number of hydrogen-bond acceptors (Lipinski definition) is 6. The maximum atomic E-state index is 13.9. The molecule has 2 N–H and O–H groups in total. The van der Waals surface area contributed by atoms with Gasteiger partial charge < -0.3 is 15.0 Å². The number of anilines is 1. The van der Waals surface area contributed by atoms with Crippen molar-refractivity contribution in [3.05, 3.63) is 56.4 Å². The molecule has 2 saturated heterocycles. The van der Waals surface area contributed by atoms with Gasteiger partial charge in [0.25, 0.3) is 6.43 Å². The number of amides is 1. The highest BCUT2D eigenvalue weighted by molar-refractivity contribution is 5.74. The van der Waals surface area contributed by atoms with Crippen LogP contribution >= 0.6 is 0 Å². The van der Waals surface area contributed by atoms with Gasteiger partial charge in [-0.2, -0.15) is 4.98 Å². The SMILES string of the molecule is CC(=O)N1CC(c2cccc([C@@H](Nc3nc(=O)n(C4CCOCC4)c(=O)[nH]3)C(F)F)c2)C1. The van der Waals surface area contributed by atoms with Crippen LogP contribution in [0.3, 0.4) is 0 Å². The van der Waals surface area contributed by atoms with Crippen molar-refractivity contribution in [2.45, 2.75) is 44.2 Å². The first-order valence-corrected chi connectivity index (χ1v) is 10.5. The lowest BCUT2D eigenvalue weighted by atomic mass is 9.89. The first kappa shape index (κ1) is 22.1. The summed E-state index contributed by atoms with van der Waals surface area (Å²) in [6.45, 7) is 3.46. The molecule has 2 fully saturated rings. The second kappa shape index (κ2) is 9.19. The van der Waals surface area contributed by atoms with E-state index >= 15 is 0 Å². The summed E-state index contributed by atoms with van der Waals surface area (Å²) in [5, 5.41) is 2.52. The van der Waals surface area contributed by atoms with E-state index in [0.717, 1.165) is 10.1 Å². The van der Waals surface area contributed by atoms with Crippen molar-refractivity contribution >= 4 is 11.9 Å². The smallest absolute Gasteiger partial charge is 0.355 e. The molecule has 1 aromatic heterocycles. The zero-order valence-corrected chi connectivity index (χ0v) is 17.6. The maximum Gasteiger partial charge on any atom is 0.355 e. The minimum atomic E-state index is -2.82. The monoisotopic (exact) mass is 449 g/mol. The summed E-state index contributed by atoms with van der Waals surface area (Å²) in [7, 11) is 0. The number of carbonyl (C=O) groups is 1. The lowest BCUT2D eigenvalue weighted by Gasteiger charge is -2.39. The lowest BCUT2D eigenvalue weighted by molar-refractivity contribution is -0.133. The fraction of sp³-hybridized carbons (Fsp3) is 0.524. The molecule has 0 bridgehead atoms. The van der Waals surface area contributed by atoms with Gasteiger partial charge in [0, 0.05) is 45.2 Å². The Labute approximate surface area is 182 Å². The molecule has 1 amide bonds. The Hall–Kier alpha value is -3.08. The highest BCUT2D eigenvalue weighted by Gasteiger charge is 2.31. The van der Waals surface area contributed by atoms with Crippen molar-refractivity contribution in [2.75, 3.05) is 31.6 Å². The molecular weight excluding hydrogens is 424 g/mol. The molecule has 4 rings (SSSR count). The highest BCUT2D eigenvalue weighted by atomic mass is 19.3. The number of ether oxygens (including phenoxy) is 1. The number of nitrogens with one attached hydrogen (secondary N) is 2. The van der Waals surface area contributed by atoms with Gasteiger partial charge in [0.05, 0.1) is 0 Å². The van der Waals surface area contributed by atoms with Gasteiger partial charge in [-0.3, -0.25) is 9.78 Å². The van der Waals surface area contributed by atoms with Crippen molar-refractivity contribution in [3.63, 3.8) is 0 Å². The van der Waals surface area contributed by atoms with E-state index in [1.165, 1.54) is 6.92 Å². The minimum absolute atomic E-state index is 0.0185. The van der Waals surface area contributed by atoms with Crippen molar-refractivity contribution in [1.82, 2.24) is 19.4 Å². The Morgan fingerprint density at radius 1 is 1.25 bits per heavy atom. The maximum absolute atomic E-state index is 13.9. The van der Waals surface area contributed by atoms with Crippen LogP contribution in [0.25, 0.3) is 0 Å². The van der Waals surface area contributed by atoms with Gasteiger partial charge in [0.1, 0.15) is 6.04 Å². The van der Waals surface area contributed by atoms with Crippen LogP contribution in [-0.4, -0.2) is 58.1 Å². The molecule has 0 saturated carbocycles. The Balaban J connectivity index is 1.54. The Bertz CT molecular complexity index is 1060.